The van der Waals surface area contributed by atoms with Gasteiger partial charge < -0.3 is 19.3 Å². The highest BCUT2D eigenvalue weighted by Crippen LogP contribution is 2.27. The fourth-order valence-electron chi connectivity index (χ4n) is 3.41. The van der Waals surface area contributed by atoms with Gasteiger partial charge in [-0.1, -0.05) is 23.8 Å². The minimum absolute atomic E-state index is 0.0624. The molecule has 0 atom stereocenters. The number of aromatic hydroxyl groups is 1. The van der Waals surface area contributed by atoms with E-state index in [1.807, 2.05) is 30.0 Å². The fourth-order valence-corrected chi connectivity index (χ4v) is 3.41. The van der Waals surface area contributed by atoms with E-state index in [0.717, 1.165) is 11.3 Å². The van der Waals surface area contributed by atoms with Crippen molar-refractivity contribution in [2.75, 3.05) is 31.1 Å². The molecule has 1 saturated heterocycles. The van der Waals surface area contributed by atoms with E-state index < -0.39 is 0 Å². The number of phenolic OH excluding ortho intramolecular Hbond substituents is 1. The molecular weight excluding hydrogens is 344 g/mol. The number of carbonyl (C=O) groups is 1. The molecule has 0 bridgehead atoms. The van der Waals surface area contributed by atoms with Crippen molar-refractivity contribution in [3.8, 4) is 5.75 Å². The Morgan fingerprint density at radius 1 is 1.04 bits per heavy atom. The first-order valence-corrected chi connectivity index (χ1v) is 8.89. The second-order valence-electron chi connectivity index (χ2n) is 6.74. The maximum atomic E-state index is 12.8. The molecule has 6 heteroatoms. The number of carbonyl (C=O) groups excluding carboxylic acids is 1. The summed E-state index contributed by atoms with van der Waals surface area (Å²) in [6.07, 6.45) is 0. The van der Waals surface area contributed by atoms with Crippen LogP contribution in [0.15, 0.2) is 57.7 Å². The molecule has 0 unspecified atom stereocenters. The predicted molar refractivity (Wildman–Crippen MR) is 103 cm³/mol. The Bertz CT molecular complexity index is 1070. The van der Waals surface area contributed by atoms with Gasteiger partial charge in [-0.05, 0) is 31.2 Å². The number of rotatable bonds is 2. The van der Waals surface area contributed by atoms with Gasteiger partial charge in [0.2, 0.25) is 0 Å². The molecule has 1 fully saturated rings. The Morgan fingerprint density at radius 2 is 1.78 bits per heavy atom. The summed E-state index contributed by atoms with van der Waals surface area (Å²) in [7, 11) is 0. The number of aryl methyl sites for hydroxylation is 1. The molecule has 3 aromatic rings. The van der Waals surface area contributed by atoms with Crippen LogP contribution in [0.5, 0.6) is 5.75 Å². The Balaban J connectivity index is 1.53. The topological polar surface area (TPSA) is 74.0 Å². The number of piperazine rings is 1. The van der Waals surface area contributed by atoms with Crippen molar-refractivity contribution in [1.82, 2.24) is 4.90 Å². The number of anilines is 1. The van der Waals surface area contributed by atoms with Crippen LogP contribution in [0.1, 0.15) is 16.1 Å². The highest BCUT2D eigenvalue weighted by Gasteiger charge is 2.25. The van der Waals surface area contributed by atoms with E-state index >= 15 is 0 Å². The zero-order valence-corrected chi connectivity index (χ0v) is 15.0. The number of benzene rings is 2. The first-order valence-electron chi connectivity index (χ1n) is 8.89. The van der Waals surface area contributed by atoms with Crippen LogP contribution < -0.4 is 10.3 Å². The summed E-state index contributed by atoms with van der Waals surface area (Å²) in [5.41, 5.74) is 1.94. The van der Waals surface area contributed by atoms with Crippen molar-refractivity contribution in [2.45, 2.75) is 6.92 Å². The standard InChI is InChI=1S/C21H20N2O4/c1-14-6-7-19-15(12-14)18(25)13-20(27-19)21(26)23-10-8-22(9-11-23)16-4-2-3-5-17(16)24/h2-7,12-13,24H,8-11H2,1H3. The van der Waals surface area contributed by atoms with Gasteiger partial charge in [0.25, 0.3) is 5.91 Å². The van der Waals surface area contributed by atoms with Gasteiger partial charge >= 0.3 is 0 Å². The van der Waals surface area contributed by atoms with Crippen LogP contribution in [0, 0.1) is 6.92 Å². The van der Waals surface area contributed by atoms with Gasteiger partial charge in [-0.2, -0.15) is 0 Å². The Kier molecular flexibility index (Phi) is 4.32. The smallest absolute Gasteiger partial charge is 0.289 e. The van der Waals surface area contributed by atoms with Crippen molar-refractivity contribution < 1.29 is 14.3 Å². The molecule has 0 aliphatic carbocycles. The SMILES string of the molecule is Cc1ccc2oc(C(=O)N3CCN(c4ccccc4O)CC3)cc(=O)c2c1. The lowest BCUT2D eigenvalue weighted by Gasteiger charge is -2.36. The van der Waals surface area contributed by atoms with Crippen molar-refractivity contribution >= 4 is 22.6 Å². The number of hydrogen-bond acceptors (Lipinski definition) is 5. The molecule has 1 amide bonds. The number of fused-ring (bicyclic) bond motifs is 1. The molecule has 2 heterocycles. The van der Waals surface area contributed by atoms with Gasteiger partial charge in [0.15, 0.2) is 11.2 Å². The quantitative estimate of drug-likeness (QED) is 0.757. The van der Waals surface area contributed by atoms with Crippen LogP contribution in [0.25, 0.3) is 11.0 Å². The van der Waals surface area contributed by atoms with E-state index in [2.05, 4.69) is 0 Å². The largest absolute Gasteiger partial charge is 0.506 e. The van der Waals surface area contributed by atoms with Crippen molar-refractivity contribution in [1.29, 1.82) is 0 Å². The molecule has 0 saturated carbocycles. The lowest BCUT2D eigenvalue weighted by molar-refractivity contribution is 0.0715. The molecule has 1 aliphatic rings. The normalized spacial score (nSPS) is 14.6. The summed E-state index contributed by atoms with van der Waals surface area (Å²) >= 11 is 0. The Hall–Kier alpha value is -3.28. The van der Waals surface area contributed by atoms with Crippen LogP contribution >= 0.6 is 0 Å². The van der Waals surface area contributed by atoms with Gasteiger partial charge in [0.05, 0.1) is 11.1 Å². The lowest BCUT2D eigenvalue weighted by Crippen LogP contribution is -2.48. The summed E-state index contributed by atoms with van der Waals surface area (Å²) in [6.45, 7) is 4.08. The third kappa shape index (κ3) is 3.26. The summed E-state index contributed by atoms with van der Waals surface area (Å²) in [4.78, 5) is 28.9. The highest BCUT2D eigenvalue weighted by atomic mass is 16.3. The average Bonchev–Trinajstić information content (AvgIpc) is 2.68. The number of amides is 1. The molecule has 27 heavy (non-hydrogen) atoms. The minimum Gasteiger partial charge on any atom is -0.506 e. The molecule has 6 nitrogen and oxygen atoms in total. The molecule has 2 aromatic carbocycles. The molecule has 1 aliphatic heterocycles. The molecule has 0 radical (unpaired) electrons. The molecular formula is C21H20N2O4. The number of hydrogen-bond donors (Lipinski definition) is 1. The van der Waals surface area contributed by atoms with Gasteiger partial charge in [-0.15, -0.1) is 0 Å². The van der Waals surface area contributed by atoms with Gasteiger partial charge in [-0.3, -0.25) is 9.59 Å². The molecule has 4 rings (SSSR count). The third-order valence-corrected chi connectivity index (χ3v) is 4.88. The monoisotopic (exact) mass is 364 g/mol. The van der Waals surface area contributed by atoms with E-state index in [0.29, 0.717) is 37.1 Å². The van der Waals surface area contributed by atoms with Crippen LogP contribution in [0.2, 0.25) is 0 Å². The van der Waals surface area contributed by atoms with Crippen molar-refractivity contribution in [2.24, 2.45) is 0 Å². The summed E-state index contributed by atoms with van der Waals surface area (Å²) < 4.78 is 5.70. The second-order valence-corrected chi connectivity index (χ2v) is 6.74. The van der Waals surface area contributed by atoms with E-state index in [-0.39, 0.29) is 22.8 Å². The van der Waals surface area contributed by atoms with Crippen LogP contribution in [-0.2, 0) is 0 Å². The number of phenols is 1. The molecule has 1 N–H and O–H groups in total. The molecule has 138 valence electrons. The van der Waals surface area contributed by atoms with E-state index in [4.69, 9.17) is 4.42 Å². The Morgan fingerprint density at radius 3 is 2.52 bits per heavy atom. The first-order chi connectivity index (χ1) is 13.0. The minimum atomic E-state index is -0.286. The summed E-state index contributed by atoms with van der Waals surface area (Å²) in [5.74, 6) is 0.00645. The zero-order valence-electron chi connectivity index (χ0n) is 15.0. The van der Waals surface area contributed by atoms with Gasteiger partial charge in [-0.25, -0.2) is 0 Å². The van der Waals surface area contributed by atoms with Gasteiger partial charge in [0, 0.05) is 32.2 Å². The van der Waals surface area contributed by atoms with Crippen molar-refractivity contribution in [3.63, 3.8) is 0 Å². The Labute approximate surface area is 156 Å². The fraction of sp³-hybridized carbons (Fsp3) is 0.238. The predicted octanol–water partition coefficient (Wildman–Crippen LogP) is 2.77. The van der Waals surface area contributed by atoms with E-state index in [1.165, 1.54) is 6.07 Å². The third-order valence-electron chi connectivity index (χ3n) is 4.88. The summed E-state index contributed by atoms with van der Waals surface area (Å²) in [6, 6.07) is 13.8. The van der Waals surface area contributed by atoms with E-state index in [9.17, 15) is 14.7 Å². The van der Waals surface area contributed by atoms with Crippen LogP contribution in [-0.4, -0.2) is 42.1 Å². The van der Waals surface area contributed by atoms with Crippen LogP contribution in [0.4, 0.5) is 5.69 Å². The summed E-state index contributed by atoms with van der Waals surface area (Å²) in [5, 5.41) is 10.5. The number of nitrogens with zero attached hydrogens (tertiary/aromatic N) is 2. The first kappa shape index (κ1) is 17.1. The van der Waals surface area contributed by atoms with Gasteiger partial charge in [0.1, 0.15) is 11.3 Å². The van der Waals surface area contributed by atoms with E-state index in [1.54, 1.807) is 29.2 Å². The zero-order chi connectivity index (χ0) is 19.0. The molecule has 0 spiro atoms. The highest BCUT2D eigenvalue weighted by molar-refractivity contribution is 5.93. The second kappa shape index (κ2) is 6.79. The molecule has 1 aromatic heterocycles. The van der Waals surface area contributed by atoms with Crippen molar-refractivity contribution in [3.05, 3.63) is 70.1 Å². The average molecular weight is 364 g/mol. The lowest BCUT2D eigenvalue weighted by atomic mass is 10.1. The maximum Gasteiger partial charge on any atom is 0.289 e. The maximum absolute atomic E-state index is 12.8. The van der Waals surface area contributed by atoms with Crippen LogP contribution in [0.3, 0.4) is 0 Å². The number of para-hydroxylation sites is 2.